The fourth-order valence-electron chi connectivity index (χ4n) is 3.80. The summed E-state index contributed by atoms with van der Waals surface area (Å²) in [6.45, 7) is 10.9. The highest BCUT2D eigenvalue weighted by atomic mass is 16.2. The van der Waals surface area contributed by atoms with Gasteiger partial charge in [-0.1, -0.05) is 24.6 Å². The van der Waals surface area contributed by atoms with Gasteiger partial charge >= 0.3 is 0 Å². The third kappa shape index (κ3) is 3.90. The number of hydrazone groups is 1. The number of nitrogens with zero attached hydrogens (tertiary/aromatic N) is 2. The summed E-state index contributed by atoms with van der Waals surface area (Å²) in [7, 11) is 2.17. The number of hydrogen-bond donors (Lipinski definition) is 1. The van der Waals surface area contributed by atoms with E-state index in [2.05, 4.69) is 62.3 Å². The average molecular weight is 364 g/mol. The highest BCUT2D eigenvalue weighted by Gasteiger charge is 2.34. The van der Waals surface area contributed by atoms with Gasteiger partial charge in [-0.05, 0) is 81.0 Å². The Morgan fingerprint density at radius 2 is 1.89 bits per heavy atom. The largest absolute Gasteiger partial charge is 0.369 e. The fourth-order valence-corrected chi connectivity index (χ4v) is 3.80. The molecule has 142 valence electrons. The summed E-state index contributed by atoms with van der Waals surface area (Å²) in [5.41, 5.74) is 9.33. The maximum absolute atomic E-state index is 12.2. The maximum Gasteiger partial charge on any atom is 0.271 e. The van der Waals surface area contributed by atoms with Crippen molar-refractivity contribution in [3.63, 3.8) is 0 Å². The number of aryl methyl sites for hydroxylation is 2. The lowest BCUT2D eigenvalue weighted by atomic mass is 9.79. The van der Waals surface area contributed by atoms with E-state index >= 15 is 0 Å². The number of amides is 1. The molecule has 0 fully saturated rings. The van der Waals surface area contributed by atoms with Crippen molar-refractivity contribution in [2.24, 2.45) is 5.10 Å². The Balaban J connectivity index is 1.80. The first kappa shape index (κ1) is 19.2. The molecule has 0 spiro atoms. The van der Waals surface area contributed by atoms with Gasteiger partial charge in [-0.2, -0.15) is 5.10 Å². The molecule has 1 N–H and O–H groups in total. The third-order valence-electron chi connectivity index (χ3n) is 5.70. The zero-order valence-electron chi connectivity index (χ0n) is 17.1. The second kappa shape index (κ2) is 7.18. The molecule has 1 aliphatic rings. The molecule has 1 atom stereocenters. The molecule has 4 nitrogen and oxygen atoms in total. The van der Waals surface area contributed by atoms with E-state index < -0.39 is 0 Å². The average Bonchev–Trinajstić information content (AvgIpc) is 2.61. The smallest absolute Gasteiger partial charge is 0.271 e. The van der Waals surface area contributed by atoms with Crippen molar-refractivity contribution in [1.82, 2.24) is 5.43 Å². The molecule has 0 aliphatic carbocycles. The molecular formula is C23H29N3O. The molecule has 2 aromatic carbocycles. The Morgan fingerprint density at radius 3 is 2.56 bits per heavy atom. The van der Waals surface area contributed by atoms with Crippen LogP contribution in [0.25, 0.3) is 0 Å². The minimum Gasteiger partial charge on any atom is -0.369 e. The molecule has 0 saturated carbocycles. The van der Waals surface area contributed by atoms with Gasteiger partial charge in [0.25, 0.3) is 5.91 Å². The van der Waals surface area contributed by atoms with Crippen LogP contribution in [-0.2, 0) is 0 Å². The summed E-state index contributed by atoms with van der Waals surface area (Å²) in [6, 6.07) is 11.9. The topological polar surface area (TPSA) is 44.7 Å². The van der Waals surface area contributed by atoms with Crippen molar-refractivity contribution in [1.29, 1.82) is 0 Å². The van der Waals surface area contributed by atoms with Gasteiger partial charge in [0.05, 0.1) is 6.21 Å². The highest BCUT2D eigenvalue weighted by Crippen LogP contribution is 2.43. The quantitative estimate of drug-likeness (QED) is 0.629. The van der Waals surface area contributed by atoms with Crippen LogP contribution in [0.3, 0.4) is 0 Å². The van der Waals surface area contributed by atoms with Crippen molar-refractivity contribution in [3.8, 4) is 0 Å². The summed E-state index contributed by atoms with van der Waals surface area (Å²) in [5, 5.41) is 4.18. The van der Waals surface area contributed by atoms with E-state index in [1.54, 1.807) is 6.21 Å². The normalized spacial score (nSPS) is 18.4. The molecule has 2 aromatic rings. The zero-order valence-corrected chi connectivity index (χ0v) is 17.1. The van der Waals surface area contributed by atoms with Gasteiger partial charge in [0, 0.05) is 23.8 Å². The van der Waals surface area contributed by atoms with Gasteiger partial charge in [-0.25, -0.2) is 5.43 Å². The van der Waals surface area contributed by atoms with Crippen molar-refractivity contribution >= 4 is 17.8 Å². The van der Waals surface area contributed by atoms with Crippen LogP contribution < -0.4 is 10.3 Å². The maximum atomic E-state index is 12.2. The molecule has 1 amide bonds. The van der Waals surface area contributed by atoms with Crippen LogP contribution >= 0.6 is 0 Å². The first-order chi connectivity index (χ1) is 12.7. The summed E-state index contributed by atoms with van der Waals surface area (Å²) < 4.78 is 0. The Hall–Kier alpha value is -2.62. The summed E-state index contributed by atoms with van der Waals surface area (Å²) in [6.07, 6.45) is 2.86. The number of rotatable bonds is 3. The third-order valence-corrected chi connectivity index (χ3v) is 5.70. The van der Waals surface area contributed by atoms with E-state index in [1.807, 2.05) is 31.2 Å². The van der Waals surface area contributed by atoms with Gasteiger partial charge in [-0.3, -0.25) is 4.79 Å². The van der Waals surface area contributed by atoms with E-state index in [9.17, 15) is 4.79 Å². The molecule has 0 bridgehead atoms. The van der Waals surface area contributed by atoms with Crippen LogP contribution in [0.5, 0.6) is 0 Å². The van der Waals surface area contributed by atoms with Crippen molar-refractivity contribution < 1.29 is 4.79 Å². The van der Waals surface area contributed by atoms with E-state index in [1.165, 1.54) is 11.3 Å². The number of carbonyl (C=O) groups excluding carboxylic acids is 1. The summed E-state index contributed by atoms with van der Waals surface area (Å²) in [5.74, 6) is 0.290. The predicted molar refractivity (Wildman–Crippen MR) is 113 cm³/mol. The van der Waals surface area contributed by atoms with Crippen LogP contribution in [0.15, 0.2) is 41.5 Å². The Morgan fingerprint density at radius 1 is 1.22 bits per heavy atom. The van der Waals surface area contributed by atoms with Gasteiger partial charge < -0.3 is 4.90 Å². The number of nitrogens with one attached hydrogen (secondary N) is 1. The standard InChI is InChI=1S/C23H29N3O/c1-15-7-9-18(10-8-15)22(27)25-24-14-19-12-20-17(3)13-23(4,5)26(6)21(20)11-16(19)2/h7-12,14,17H,13H2,1-6H3,(H,25,27)/b24-14-/t17-/m0/s1. The predicted octanol–water partition coefficient (Wildman–Crippen LogP) is 4.79. The molecule has 27 heavy (non-hydrogen) atoms. The molecular weight excluding hydrogens is 334 g/mol. The summed E-state index contributed by atoms with van der Waals surface area (Å²) in [4.78, 5) is 14.6. The van der Waals surface area contributed by atoms with Crippen LogP contribution in [0.2, 0.25) is 0 Å². The van der Waals surface area contributed by atoms with Gasteiger partial charge in [-0.15, -0.1) is 0 Å². The number of anilines is 1. The van der Waals surface area contributed by atoms with E-state index in [4.69, 9.17) is 0 Å². The van der Waals surface area contributed by atoms with Crippen LogP contribution in [0.4, 0.5) is 5.69 Å². The Kier molecular flexibility index (Phi) is 5.09. The van der Waals surface area contributed by atoms with Gasteiger partial charge in [0.2, 0.25) is 0 Å². The molecule has 0 saturated heterocycles. The van der Waals surface area contributed by atoms with Crippen molar-refractivity contribution in [2.75, 3.05) is 11.9 Å². The lowest BCUT2D eigenvalue weighted by Gasteiger charge is -2.45. The van der Waals surface area contributed by atoms with Crippen molar-refractivity contribution in [3.05, 3.63) is 64.2 Å². The highest BCUT2D eigenvalue weighted by molar-refractivity contribution is 5.95. The second-order valence-electron chi connectivity index (χ2n) is 8.31. The molecule has 0 radical (unpaired) electrons. The molecule has 3 rings (SSSR count). The lowest BCUT2D eigenvalue weighted by Crippen LogP contribution is -2.45. The second-order valence-corrected chi connectivity index (χ2v) is 8.31. The minimum absolute atomic E-state index is 0.149. The monoisotopic (exact) mass is 363 g/mol. The Bertz CT molecular complexity index is 881. The minimum atomic E-state index is -0.197. The van der Waals surface area contributed by atoms with E-state index in [-0.39, 0.29) is 11.4 Å². The number of fused-ring (bicyclic) bond motifs is 1. The zero-order chi connectivity index (χ0) is 19.8. The van der Waals surface area contributed by atoms with Crippen LogP contribution in [-0.4, -0.2) is 24.7 Å². The first-order valence-corrected chi connectivity index (χ1v) is 9.47. The molecule has 1 aliphatic heterocycles. The van der Waals surface area contributed by atoms with Gasteiger partial charge in [0.15, 0.2) is 0 Å². The van der Waals surface area contributed by atoms with E-state index in [0.29, 0.717) is 11.5 Å². The molecule has 0 unspecified atom stereocenters. The van der Waals surface area contributed by atoms with Crippen LogP contribution in [0.1, 0.15) is 65.7 Å². The van der Waals surface area contributed by atoms with Gasteiger partial charge in [0.1, 0.15) is 0 Å². The summed E-state index contributed by atoms with van der Waals surface area (Å²) >= 11 is 0. The van der Waals surface area contributed by atoms with E-state index in [0.717, 1.165) is 23.1 Å². The number of benzene rings is 2. The number of carbonyl (C=O) groups is 1. The molecule has 1 heterocycles. The SMILES string of the molecule is Cc1ccc(C(=O)N/N=C\c2cc3c(cc2C)N(C)C(C)(C)C[C@@H]3C)cc1. The Labute approximate surface area is 162 Å². The van der Waals surface area contributed by atoms with Crippen molar-refractivity contribution in [2.45, 2.75) is 52.5 Å². The fraction of sp³-hybridized carbons (Fsp3) is 0.391. The molecule has 0 aromatic heterocycles. The first-order valence-electron chi connectivity index (χ1n) is 9.47. The molecule has 4 heteroatoms. The lowest BCUT2D eigenvalue weighted by molar-refractivity contribution is 0.0955. The van der Waals surface area contributed by atoms with Crippen LogP contribution in [0, 0.1) is 13.8 Å². The number of hydrogen-bond acceptors (Lipinski definition) is 3.